The predicted octanol–water partition coefficient (Wildman–Crippen LogP) is 6.90. The number of thioether (sulfide) groups is 1. The summed E-state index contributed by atoms with van der Waals surface area (Å²) < 4.78 is 8.01. The van der Waals surface area contributed by atoms with Gasteiger partial charge in [-0.05, 0) is 56.7 Å². The van der Waals surface area contributed by atoms with Crippen molar-refractivity contribution < 1.29 is 4.74 Å². The van der Waals surface area contributed by atoms with E-state index in [2.05, 4.69) is 21.7 Å². The first-order chi connectivity index (χ1) is 12.8. The Morgan fingerprint density at radius 3 is 2.41 bits per heavy atom. The van der Waals surface area contributed by atoms with Gasteiger partial charge in [0.15, 0.2) is 0 Å². The van der Waals surface area contributed by atoms with Gasteiger partial charge in [-0.15, -0.1) is 11.8 Å². The van der Waals surface area contributed by atoms with Gasteiger partial charge >= 0.3 is 0 Å². The van der Waals surface area contributed by atoms with E-state index >= 15 is 0 Å². The van der Waals surface area contributed by atoms with E-state index in [9.17, 15) is 0 Å². The number of aromatic nitrogens is 2. The average molecular weight is 421 g/mol. The molecule has 2 aromatic carbocycles. The van der Waals surface area contributed by atoms with Crippen LogP contribution in [0.2, 0.25) is 10.0 Å². The lowest BCUT2D eigenvalue weighted by Gasteiger charge is -2.22. The molecular formula is C21H22Cl2N2OS. The summed E-state index contributed by atoms with van der Waals surface area (Å²) in [6.45, 7) is 6.93. The third-order valence-electron chi connectivity index (χ3n) is 3.78. The van der Waals surface area contributed by atoms with Crippen molar-refractivity contribution in [3.63, 3.8) is 0 Å². The maximum absolute atomic E-state index is 6.19. The van der Waals surface area contributed by atoms with Crippen LogP contribution in [0.1, 0.15) is 31.6 Å². The number of halogens is 2. The fraction of sp³-hybridized carbons (Fsp3) is 0.286. The number of rotatable bonds is 6. The monoisotopic (exact) mass is 420 g/mol. The van der Waals surface area contributed by atoms with Gasteiger partial charge in [0.2, 0.25) is 0 Å². The van der Waals surface area contributed by atoms with Gasteiger partial charge in [0, 0.05) is 23.8 Å². The Bertz CT molecular complexity index is 874. The molecule has 27 heavy (non-hydrogen) atoms. The lowest BCUT2D eigenvalue weighted by Crippen LogP contribution is -2.22. The predicted molar refractivity (Wildman–Crippen MR) is 114 cm³/mol. The Morgan fingerprint density at radius 1 is 1.07 bits per heavy atom. The smallest absolute Gasteiger partial charge is 0.120 e. The summed E-state index contributed by atoms with van der Waals surface area (Å²) in [7, 11) is 0. The minimum Gasteiger partial charge on any atom is -0.488 e. The Hall–Kier alpha value is -1.62. The third-order valence-corrected chi connectivity index (χ3v) is 5.75. The van der Waals surface area contributed by atoms with Crippen LogP contribution in [0.5, 0.6) is 5.75 Å². The fourth-order valence-corrected chi connectivity index (χ4v) is 4.18. The van der Waals surface area contributed by atoms with Crippen molar-refractivity contribution >= 4 is 35.0 Å². The Labute approximate surface area is 174 Å². The van der Waals surface area contributed by atoms with Crippen molar-refractivity contribution in [2.75, 3.05) is 0 Å². The van der Waals surface area contributed by atoms with Crippen LogP contribution in [0, 0.1) is 0 Å². The molecule has 0 aliphatic rings. The summed E-state index contributed by atoms with van der Waals surface area (Å²) in [5.41, 5.74) is 0.994. The minimum absolute atomic E-state index is 0.195. The SMILES string of the molecule is CC(C)(C)Oc1ccc(C(Cn2ccnc2)Sc2ccc(Cl)c(Cl)c2)cc1. The van der Waals surface area contributed by atoms with E-state index in [4.69, 9.17) is 27.9 Å². The van der Waals surface area contributed by atoms with Crippen LogP contribution in [0.3, 0.4) is 0 Å². The van der Waals surface area contributed by atoms with Crippen molar-refractivity contribution in [1.82, 2.24) is 9.55 Å². The highest BCUT2D eigenvalue weighted by Crippen LogP contribution is 2.39. The molecule has 6 heteroatoms. The zero-order chi connectivity index (χ0) is 19.4. The molecule has 0 bridgehead atoms. The molecule has 142 valence electrons. The molecule has 1 unspecified atom stereocenters. The van der Waals surface area contributed by atoms with Crippen LogP contribution < -0.4 is 4.74 Å². The van der Waals surface area contributed by atoms with Gasteiger partial charge in [0.05, 0.1) is 21.6 Å². The molecule has 3 aromatic rings. The standard InChI is InChI=1S/C21H22Cl2N2OS/c1-21(2,3)26-16-6-4-15(5-7-16)20(13-25-11-10-24-14-25)27-17-8-9-18(22)19(23)12-17/h4-12,14,20H,13H2,1-3H3. The van der Waals surface area contributed by atoms with Gasteiger partial charge in [-0.3, -0.25) is 0 Å². The number of imidazole rings is 1. The molecule has 0 amide bonds. The van der Waals surface area contributed by atoms with Gasteiger partial charge in [-0.2, -0.15) is 0 Å². The van der Waals surface area contributed by atoms with Crippen LogP contribution in [0.25, 0.3) is 0 Å². The second-order valence-electron chi connectivity index (χ2n) is 7.23. The molecule has 3 rings (SSSR count). The molecule has 0 N–H and O–H groups in total. The maximum atomic E-state index is 6.19. The summed E-state index contributed by atoms with van der Waals surface area (Å²) in [4.78, 5) is 5.22. The quantitative estimate of drug-likeness (QED) is 0.405. The highest BCUT2D eigenvalue weighted by atomic mass is 35.5. The number of hydrogen-bond donors (Lipinski definition) is 0. The number of nitrogens with zero attached hydrogens (tertiary/aromatic N) is 2. The van der Waals surface area contributed by atoms with Crippen molar-refractivity contribution in [2.45, 2.75) is 43.1 Å². The first kappa shape index (κ1) is 20.1. The number of benzene rings is 2. The minimum atomic E-state index is -0.216. The van der Waals surface area contributed by atoms with Gasteiger partial charge < -0.3 is 9.30 Å². The lowest BCUT2D eigenvalue weighted by atomic mass is 10.1. The second kappa shape index (κ2) is 8.59. The van der Waals surface area contributed by atoms with Crippen LogP contribution in [-0.2, 0) is 6.54 Å². The topological polar surface area (TPSA) is 27.1 Å². The van der Waals surface area contributed by atoms with Crippen LogP contribution in [0.15, 0.2) is 66.1 Å². The molecule has 1 atom stereocenters. The summed E-state index contributed by atoms with van der Waals surface area (Å²) in [5.74, 6) is 0.868. The fourth-order valence-electron chi connectivity index (χ4n) is 2.62. The molecule has 0 aliphatic heterocycles. The molecule has 1 aromatic heterocycles. The molecule has 0 fully saturated rings. The van der Waals surface area contributed by atoms with Crippen molar-refractivity contribution in [3.05, 3.63) is 76.8 Å². The highest BCUT2D eigenvalue weighted by Gasteiger charge is 2.17. The Morgan fingerprint density at radius 2 is 1.81 bits per heavy atom. The lowest BCUT2D eigenvalue weighted by molar-refractivity contribution is 0.131. The Kier molecular flexibility index (Phi) is 6.40. The molecule has 0 aliphatic carbocycles. The first-order valence-corrected chi connectivity index (χ1v) is 10.3. The first-order valence-electron chi connectivity index (χ1n) is 8.66. The maximum Gasteiger partial charge on any atom is 0.120 e. The van der Waals surface area contributed by atoms with Crippen LogP contribution >= 0.6 is 35.0 Å². The molecule has 3 nitrogen and oxygen atoms in total. The van der Waals surface area contributed by atoms with Gasteiger partial charge in [-0.25, -0.2) is 4.98 Å². The molecule has 0 saturated heterocycles. The molecule has 0 spiro atoms. The molecule has 0 saturated carbocycles. The van der Waals surface area contributed by atoms with Gasteiger partial charge in [0.25, 0.3) is 0 Å². The summed E-state index contributed by atoms with van der Waals surface area (Å²) in [5, 5.41) is 1.33. The second-order valence-corrected chi connectivity index (χ2v) is 9.32. The van der Waals surface area contributed by atoms with E-state index < -0.39 is 0 Å². The van der Waals surface area contributed by atoms with Crippen molar-refractivity contribution in [3.8, 4) is 5.75 Å². The average Bonchev–Trinajstić information content (AvgIpc) is 3.10. The summed E-state index contributed by atoms with van der Waals surface area (Å²) in [6, 6.07) is 14.0. The highest BCUT2D eigenvalue weighted by molar-refractivity contribution is 7.99. The largest absolute Gasteiger partial charge is 0.488 e. The number of ether oxygens (including phenoxy) is 1. The normalized spacial score (nSPS) is 12.8. The number of hydrogen-bond acceptors (Lipinski definition) is 3. The van der Waals surface area contributed by atoms with Crippen molar-refractivity contribution in [2.24, 2.45) is 0 Å². The van der Waals surface area contributed by atoms with E-state index in [-0.39, 0.29) is 10.9 Å². The zero-order valence-corrected chi connectivity index (χ0v) is 17.9. The van der Waals surface area contributed by atoms with E-state index in [1.807, 2.05) is 63.6 Å². The summed E-state index contributed by atoms with van der Waals surface area (Å²) in [6.07, 6.45) is 5.60. The van der Waals surface area contributed by atoms with E-state index in [0.29, 0.717) is 10.0 Å². The molecule has 1 heterocycles. The van der Waals surface area contributed by atoms with Crippen LogP contribution in [-0.4, -0.2) is 15.2 Å². The van der Waals surface area contributed by atoms with E-state index in [1.165, 1.54) is 5.56 Å². The Balaban J connectivity index is 1.83. The van der Waals surface area contributed by atoms with Gasteiger partial charge in [0.1, 0.15) is 11.4 Å². The van der Waals surface area contributed by atoms with Gasteiger partial charge in [-0.1, -0.05) is 35.3 Å². The van der Waals surface area contributed by atoms with Crippen molar-refractivity contribution in [1.29, 1.82) is 0 Å². The molecular weight excluding hydrogens is 399 g/mol. The van der Waals surface area contributed by atoms with E-state index in [1.54, 1.807) is 18.0 Å². The zero-order valence-electron chi connectivity index (χ0n) is 15.5. The molecule has 0 radical (unpaired) electrons. The third kappa shape index (κ3) is 5.93. The van der Waals surface area contributed by atoms with Crippen LogP contribution in [0.4, 0.5) is 0 Å². The van der Waals surface area contributed by atoms with E-state index in [0.717, 1.165) is 17.2 Å². The summed E-state index contributed by atoms with van der Waals surface area (Å²) >= 11 is 14.0.